The molecule has 8 unspecified atom stereocenters. The number of benzene rings is 8. The Morgan fingerprint density at radius 3 is 1.04 bits per heavy atom. The SMILES string of the molecule is CCCCC1C(c2ccc(C)c(F)c2)=NN(c2ccccc2)C1(C)C(=O)NCCCCC(C)(C)O.CCCCC1C(c2ccc(C)cc2)=NN(c2cc(F)ccc2F)C1(C)C(=O)NCCCCC(C)(C)O.CCCCC1C(c2ccc(C)cc2)=NN(c2ccc(Cl)cc2)C1(C)C(=O)NCCCC(C)(C)CO.CCCCC1C(c2ccc(C)cc2)=NN(c2ccc(F)c(Cl)c2)C1(C)C(=O)NCCCCC(C)(C)O. The molecule has 8 aromatic carbocycles. The third kappa shape index (κ3) is 30.2. The Kier molecular flexibility index (Phi) is 42.1. The van der Waals surface area contributed by atoms with Crippen LogP contribution in [0.4, 0.5) is 40.3 Å². The molecule has 0 spiro atoms. The summed E-state index contributed by atoms with van der Waals surface area (Å²) >= 11 is 12.3. The van der Waals surface area contributed by atoms with E-state index in [9.17, 15) is 52.8 Å². The van der Waals surface area contributed by atoms with Crippen LogP contribution in [-0.2, 0) is 19.2 Å². The molecule has 0 radical (unpaired) electrons. The first-order valence-electron chi connectivity index (χ1n) is 51.3. The average molecular weight is 2000 g/mol. The number of para-hydroxylation sites is 1. The maximum absolute atomic E-state index is 15.0. The van der Waals surface area contributed by atoms with Crippen molar-refractivity contribution >= 4 is 92.4 Å². The molecule has 8 atom stereocenters. The van der Waals surface area contributed by atoms with E-state index >= 15 is 4.39 Å². The van der Waals surface area contributed by atoms with Gasteiger partial charge in [0.25, 0.3) is 0 Å². The number of amides is 4. The Hall–Kier alpha value is -10.3. The number of hydrazone groups is 4. The number of rotatable bonds is 44. The van der Waals surface area contributed by atoms with Crippen molar-refractivity contribution < 1.29 is 57.2 Å². The zero-order valence-corrected chi connectivity index (χ0v) is 89.2. The Labute approximate surface area is 852 Å². The number of carbonyl (C=O) groups excluding carboxylic acids is 4. The first-order valence-corrected chi connectivity index (χ1v) is 52.0. The molecule has 20 nitrogen and oxygen atoms in total. The minimum absolute atomic E-state index is 0.00836. The van der Waals surface area contributed by atoms with Crippen molar-refractivity contribution in [2.75, 3.05) is 52.8 Å². The molecule has 4 aliphatic heterocycles. The molecule has 4 heterocycles. The van der Waals surface area contributed by atoms with Crippen LogP contribution in [0.1, 0.15) is 303 Å². The van der Waals surface area contributed by atoms with Crippen LogP contribution in [0.25, 0.3) is 0 Å². The summed E-state index contributed by atoms with van der Waals surface area (Å²) in [7, 11) is 0. The normalized spacial score (nSPS) is 20.0. The van der Waals surface area contributed by atoms with E-state index in [-0.39, 0.29) is 75.8 Å². The van der Waals surface area contributed by atoms with Crippen LogP contribution in [0.5, 0.6) is 0 Å². The second kappa shape index (κ2) is 51.9. The number of halogens is 6. The van der Waals surface area contributed by atoms with E-state index < -0.39 is 56.4 Å². The van der Waals surface area contributed by atoms with Crippen LogP contribution in [0.2, 0.25) is 10.0 Å². The second-order valence-electron chi connectivity index (χ2n) is 42.4. The van der Waals surface area contributed by atoms with E-state index in [0.29, 0.717) is 80.3 Å². The molecule has 4 amide bonds. The quantitative estimate of drug-likeness (QED) is 0.0131. The van der Waals surface area contributed by atoms with Gasteiger partial charge in [-0.25, -0.2) is 37.6 Å². The van der Waals surface area contributed by atoms with Crippen LogP contribution in [-0.4, -0.2) is 139 Å². The zero-order chi connectivity index (χ0) is 104. The highest BCUT2D eigenvalue weighted by atomic mass is 35.5. The Bertz CT molecular complexity index is 5570. The fraction of sp³-hybridized carbons (Fsp3) is 0.517. The van der Waals surface area contributed by atoms with E-state index in [1.165, 1.54) is 28.8 Å². The summed E-state index contributed by atoms with van der Waals surface area (Å²) in [5, 5.41) is 79.2. The van der Waals surface area contributed by atoms with Gasteiger partial charge in [-0.15, -0.1) is 0 Å². The van der Waals surface area contributed by atoms with Crippen molar-refractivity contribution in [2.24, 2.45) is 49.5 Å². The molecule has 0 fully saturated rings. The number of anilines is 4. The van der Waals surface area contributed by atoms with Gasteiger partial charge in [0.1, 0.15) is 45.4 Å². The van der Waals surface area contributed by atoms with Gasteiger partial charge in [-0.1, -0.05) is 236 Å². The summed E-state index contributed by atoms with van der Waals surface area (Å²) in [5.74, 6) is -3.26. The monoisotopic (exact) mass is 1990 g/mol. The standard InChI is InChI=1S/C29H39ClFN3O2.C29H40ClN3O2.C29H39F2N3O2.C29H40FN3O2/c1-6-7-10-23-26(21-13-11-20(2)12-14-21)33-34(22-15-16-25(31)24(30)19-22)29(23,5)27(35)32-18-9-8-17-28(3,4)36;1-6-7-9-25-26(22-12-10-21(2)11-13-22)32-33(24-16-14-23(30)15-17-24)29(25,5)27(35)31-19-8-18-28(3,4)20-34;1-6-7-10-23-26(21-13-11-20(2)12-14-21)33-34(25-19-22(30)15-16-24(25)31)29(23,5)27(35)32-18-9-8-17-28(3,4)36;1-6-7-15-24-26(22-17-16-21(2)25(30)20-22)32-33(23-13-9-8-10-14-23)29(24,5)27(34)31-19-12-11-18-28(3,4)35/h11-16,19,23,36H,6-10,17-18H2,1-5H3,(H,32,35);10-17,25,34H,6-9,18-20H2,1-5H3,(H,31,35);11-16,19,23,36H,6-10,17-18H2,1-5H3,(H,32,35);8-10,13-14,16-17,20,24,35H,6-7,11-12,15,18-19H2,1-5H3,(H,31,34). The summed E-state index contributed by atoms with van der Waals surface area (Å²) in [6.45, 7) is 41.0. The minimum Gasteiger partial charge on any atom is -0.396 e. The highest BCUT2D eigenvalue weighted by molar-refractivity contribution is 6.31. The second-order valence-corrected chi connectivity index (χ2v) is 43.2. The smallest absolute Gasteiger partial charge is 0.248 e. The van der Waals surface area contributed by atoms with Gasteiger partial charge in [0.05, 0.1) is 67.4 Å². The Morgan fingerprint density at radius 1 is 0.359 bits per heavy atom. The molecule has 4 aliphatic rings. The fourth-order valence-corrected chi connectivity index (χ4v) is 19.3. The number of hydrogen-bond donors (Lipinski definition) is 8. The first-order chi connectivity index (χ1) is 67.1. The van der Waals surface area contributed by atoms with Crippen molar-refractivity contribution in [1.82, 2.24) is 21.3 Å². The van der Waals surface area contributed by atoms with Gasteiger partial charge in [0.15, 0.2) is 0 Å². The lowest BCUT2D eigenvalue weighted by Gasteiger charge is -2.38. The first kappa shape index (κ1) is 115. The number of unbranched alkanes of at least 4 members (excludes halogenated alkanes) is 7. The van der Waals surface area contributed by atoms with Gasteiger partial charge in [0.2, 0.25) is 23.6 Å². The zero-order valence-electron chi connectivity index (χ0n) is 87.7. The van der Waals surface area contributed by atoms with Crippen LogP contribution < -0.4 is 41.3 Å². The van der Waals surface area contributed by atoms with E-state index in [2.05, 4.69) is 80.2 Å². The minimum atomic E-state index is -1.25. The number of carbonyl (C=O) groups is 4. The molecule has 0 aliphatic carbocycles. The summed E-state index contributed by atoms with van der Waals surface area (Å²) in [6, 6.07) is 54.7. The summed E-state index contributed by atoms with van der Waals surface area (Å²) in [5.41, 5.74) is 6.65. The van der Waals surface area contributed by atoms with Crippen molar-refractivity contribution in [3.63, 3.8) is 0 Å². The Morgan fingerprint density at radius 2 is 0.683 bits per heavy atom. The number of nitrogens with one attached hydrogen (secondary N) is 4. The summed E-state index contributed by atoms with van der Waals surface area (Å²) < 4.78 is 57.8. The number of hydrogen-bond acceptors (Lipinski definition) is 16. The highest BCUT2D eigenvalue weighted by Crippen LogP contribution is 2.48. The van der Waals surface area contributed by atoms with Gasteiger partial charge < -0.3 is 41.7 Å². The van der Waals surface area contributed by atoms with Crippen molar-refractivity contribution in [3.8, 4) is 0 Å². The van der Waals surface area contributed by atoms with E-state index in [0.717, 1.165) is 196 Å². The maximum atomic E-state index is 15.0. The molecule has 12 rings (SSSR count). The topological polar surface area (TPSA) is 260 Å². The molecule has 0 saturated carbocycles. The van der Waals surface area contributed by atoms with Gasteiger partial charge >= 0.3 is 0 Å². The molecule has 26 heteroatoms. The molecule has 0 aromatic heterocycles. The predicted molar refractivity (Wildman–Crippen MR) is 575 cm³/mol. The molecule has 8 N–H and O–H groups in total. The predicted octanol–water partition coefficient (Wildman–Crippen LogP) is 25.1. The third-order valence-electron chi connectivity index (χ3n) is 28.0. The van der Waals surface area contributed by atoms with Crippen LogP contribution in [0.3, 0.4) is 0 Å². The lowest BCUT2D eigenvalue weighted by Crippen LogP contribution is -2.58. The lowest BCUT2D eigenvalue weighted by atomic mass is 9.76. The van der Waals surface area contributed by atoms with Crippen molar-refractivity contribution in [3.05, 3.63) is 260 Å². The fourth-order valence-electron chi connectivity index (χ4n) is 19.0. The molecule has 142 heavy (non-hydrogen) atoms. The van der Waals surface area contributed by atoms with Gasteiger partial charge in [-0.3, -0.25) is 19.2 Å². The molecular weight excluding hydrogens is 1840 g/mol. The lowest BCUT2D eigenvalue weighted by molar-refractivity contribution is -0.127. The molecule has 772 valence electrons. The average Bonchev–Trinajstić information content (AvgIpc) is 1.48. The summed E-state index contributed by atoms with van der Waals surface area (Å²) in [4.78, 5) is 55.5. The van der Waals surface area contributed by atoms with E-state index in [4.69, 9.17) is 43.6 Å². The van der Waals surface area contributed by atoms with E-state index in [1.54, 1.807) is 72.5 Å². The Balaban J connectivity index is 0.000000211. The largest absolute Gasteiger partial charge is 0.396 e. The molecule has 0 bridgehead atoms. The van der Waals surface area contributed by atoms with Gasteiger partial charge in [0, 0.05) is 73.1 Å². The van der Waals surface area contributed by atoms with Gasteiger partial charge in [-0.2, -0.15) is 20.4 Å². The molecule has 8 aromatic rings. The highest BCUT2D eigenvalue weighted by Gasteiger charge is 2.58. The van der Waals surface area contributed by atoms with Crippen LogP contribution >= 0.6 is 23.2 Å². The van der Waals surface area contributed by atoms with Crippen molar-refractivity contribution in [2.45, 2.75) is 325 Å². The number of nitrogens with zero attached hydrogens (tertiary/aromatic N) is 8. The van der Waals surface area contributed by atoms with E-state index in [1.807, 2.05) is 168 Å². The molecular formula is C116H158Cl2F4N12O8. The van der Waals surface area contributed by atoms with Crippen molar-refractivity contribution in [1.29, 1.82) is 0 Å². The van der Waals surface area contributed by atoms with Crippen LogP contribution in [0.15, 0.2) is 202 Å². The number of aryl methyl sites for hydroxylation is 4. The van der Waals surface area contributed by atoms with Gasteiger partial charge in [-0.05, 0) is 294 Å². The third-order valence-corrected chi connectivity index (χ3v) is 28.5. The maximum Gasteiger partial charge on any atom is 0.248 e. The molecule has 0 saturated heterocycles. The number of aliphatic hydroxyl groups is 4. The van der Waals surface area contributed by atoms with Crippen LogP contribution in [0, 0.1) is 80.1 Å². The summed E-state index contributed by atoms with van der Waals surface area (Å²) in [6.07, 6.45) is 19.1. The number of aliphatic hydroxyl groups excluding tert-OH is 1.